The van der Waals surface area contributed by atoms with Gasteiger partial charge in [0.05, 0.1) is 11.3 Å². The molecule has 2 heterocycles. The number of carbonyl (C=O) groups is 1. The van der Waals surface area contributed by atoms with Crippen molar-refractivity contribution in [2.45, 2.75) is 13.3 Å². The van der Waals surface area contributed by atoms with Crippen LogP contribution in [0.1, 0.15) is 21.7 Å². The van der Waals surface area contributed by atoms with Gasteiger partial charge in [0.15, 0.2) is 0 Å². The molecule has 2 rings (SSSR count). The van der Waals surface area contributed by atoms with Crippen LogP contribution in [0.25, 0.3) is 0 Å². The first-order chi connectivity index (χ1) is 9.58. The Bertz CT molecular complexity index is 599. The summed E-state index contributed by atoms with van der Waals surface area (Å²) in [6, 6.07) is 9.17. The summed E-state index contributed by atoms with van der Waals surface area (Å²) in [5.41, 5.74) is 1.80. The van der Waals surface area contributed by atoms with Crippen LogP contribution in [0.4, 0.5) is 5.82 Å². The van der Waals surface area contributed by atoms with Crippen molar-refractivity contribution in [1.82, 2.24) is 9.97 Å². The van der Waals surface area contributed by atoms with E-state index >= 15 is 0 Å². The van der Waals surface area contributed by atoms with Crippen molar-refractivity contribution >= 4 is 11.8 Å². The van der Waals surface area contributed by atoms with E-state index < -0.39 is 5.97 Å². The van der Waals surface area contributed by atoms with Crippen LogP contribution in [0.5, 0.6) is 0 Å². The normalized spacial score (nSPS) is 10.3. The van der Waals surface area contributed by atoms with Crippen molar-refractivity contribution in [3.05, 3.63) is 53.5 Å². The van der Waals surface area contributed by atoms with Crippen LogP contribution in [0, 0.1) is 6.92 Å². The lowest BCUT2D eigenvalue weighted by atomic mass is 10.2. The predicted molar refractivity (Wildman–Crippen MR) is 77.1 cm³/mol. The number of aromatic carboxylic acids is 1. The molecule has 0 aliphatic rings. The molecule has 0 aromatic carbocycles. The summed E-state index contributed by atoms with van der Waals surface area (Å²) in [4.78, 5) is 21.6. The van der Waals surface area contributed by atoms with E-state index in [4.69, 9.17) is 5.11 Å². The fourth-order valence-corrected chi connectivity index (χ4v) is 1.93. The van der Waals surface area contributed by atoms with Crippen LogP contribution in [0.2, 0.25) is 0 Å². The molecule has 0 spiro atoms. The third-order valence-corrected chi connectivity index (χ3v) is 3.12. The standard InChI is InChI=1S/C15H17N3O2/c1-11-13(15(19)20)6-7-14(17-11)18(2)10-8-12-5-3-4-9-16-12/h3-7,9H,8,10H2,1-2H3,(H,19,20). The molecule has 0 saturated carbocycles. The second kappa shape index (κ2) is 6.14. The highest BCUT2D eigenvalue weighted by atomic mass is 16.4. The van der Waals surface area contributed by atoms with E-state index in [1.54, 1.807) is 25.3 Å². The maximum atomic E-state index is 11.0. The summed E-state index contributed by atoms with van der Waals surface area (Å²) in [6.45, 7) is 2.48. The molecule has 0 amide bonds. The monoisotopic (exact) mass is 271 g/mol. The summed E-state index contributed by atoms with van der Waals surface area (Å²) in [5, 5.41) is 8.99. The topological polar surface area (TPSA) is 66.3 Å². The first-order valence-electron chi connectivity index (χ1n) is 6.40. The average molecular weight is 271 g/mol. The van der Waals surface area contributed by atoms with Crippen LogP contribution in [-0.2, 0) is 6.42 Å². The summed E-state index contributed by atoms with van der Waals surface area (Å²) >= 11 is 0. The summed E-state index contributed by atoms with van der Waals surface area (Å²) < 4.78 is 0. The Morgan fingerprint density at radius 3 is 2.70 bits per heavy atom. The van der Waals surface area contributed by atoms with E-state index in [9.17, 15) is 4.79 Å². The number of pyridine rings is 2. The van der Waals surface area contributed by atoms with E-state index in [-0.39, 0.29) is 5.56 Å². The van der Waals surface area contributed by atoms with Gasteiger partial charge in [-0.05, 0) is 31.2 Å². The van der Waals surface area contributed by atoms with Gasteiger partial charge in [0.2, 0.25) is 0 Å². The third kappa shape index (κ3) is 3.32. The zero-order chi connectivity index (χ0) is 14.5. The van der Waals surface area contributed by atoms with Crippen molar-refractivity contribution in [3.8, 4) is 0 Å². The molecule has 5 heteroatoms. The second-order valence-electron chi connectivity index (χ2n) is 4.60. The third-order valence-electron chi connectivity index (χ3n) is 3.12. The van der Waals surface area contributed by atoms with Gasteiger partial charge in [-0.25, -0.2) is 9.78 Å². The first-order valence-corrected chi connectivity index (χ1v) is 6.40. The van der Waals surface area contributed by atoms with Gasteiger partial charge in [0.1, 0.15) is 5.82 Å². The lowest BCUT2D eigenvalue weighted by Gasteiger charge is -2.18. The molecule has 0 radical (unpaired) electrons. The Hall–Kier alpha value is -2.43. The lowest BCUT2D eigenvalue weighted by Crippen LogP contribution is -2.22. The zero-order valence-corrected chi connectivity index (χ0v) is 11.6. The number of carboxylic acid groups (broad SMARTS) is 1. The smallest absolute Gasteiger partial charge is 0.337 e. The van der Waals surface area contributed by atoms with E-state index in [2.05, 4.69) is 9.97 Å². The largest absolute Gasteiger partial charge is 0.478 e. The number of nitrogens with zero attached hydrogens (tertiary/aromatic N) is 3. The molecule has 0 atom stereocenters. The van der Waals surface area contributed by atoms with Gasteiger partial charge in [-0.1, -0.05) is 6.07 Å². The minimum atomic E-state index is -0.947. The van der Waals surface area contributed by atoms with Crippen molar-refractivity contribution < 1.29 is 9.90 Å². The first kappa shape index (κ1) is 14.0. The number of carboxylic acids is 1. The number of aromatic nitrogens is 2. The van der Waals surface area contributed by atoms with E-state index in [1.807, 2.05) is 30.1 Å². The summed E-state index contributed by atoms with van der Waals surface area (Å²) in [7, 11) is 1.94. The Morgan fingerprint density at radius 2 is 2.10 bits per heavy atom. The van der Waals surface area contributed by atoms with Gasteiger partial charge in [-0.15, -0.1) is 0 Å². The fraction of sp³-hybridized carbons (Fsp3) is 0.267. The lowest BCUT2D eigenvalue weighted by molar-refractivity contribution is 0.0695. The molecule has 0 aliphatic heterocycles. The molecule has 2 aromatic heterocycles. The SMILES string of the molecule is Cc1nc(N(C)CCc2ccccn2)ccc1C(=O)O. The number of anilines is 1. The molecule has 5 nitrogen and oxygen atoms in total. The van der Waals surface area contributed by atoms with Gasteiger partial charge in [-0.3, -0.25) is 4.98 Å². The van der Waals surface area contributed by atoms with Crippen molar-refractivity contribution in [1.29, 1.82) is 0 Å². The fourth-order valence-electron chi connectivity index (χ4n) is 1.93. The molecule has 20 heavy (non-hydrogen) atoms. The van der Waals surface area contributed by atoms with Crippen LogP contribution in [0.3, 0.4) is 0 Å². The minimum Gasteiger partial charge on any atom is -0.478 e. The summed E-state index contributed by atoms with van der Waals surface area (Å²) in [6.07, 6.45) is 2.60. The number of hydrogen-bond acceptors (Lipinski definition) is 4. The molecule has 0 aliphatic carbocycles. The maximum Gasteiger partial charge on any atom is 0.337 e. The number of hydrogen-bond donors (Lipinski definition) is 1. The van der Waals surface area contributed by atoms with Crippen molar-refractivity contribution in [2.75, 3.05) is 18.5 Å². The highest BCUT2D eigenvalue weighted by Crippen LogP contribution is 2.14. The highest BCUT2D eigenvalue weighted by Gasteiger charge is 2.10. The molecular weight excluding hydrogens is 254 g/mol. The van der Waals surface area contributed by atoms with E-state index in [0.717, 1.165) is 24.5 Å². The molecule has 2 aromatic rings. The molecule has 104 valence electrons. The molecule has 0 fully saturated rings. The Balaban J connectivity index is 2.04. The molecule has 1 N–H and O–H groups in total. The van der Waals surface area contributed by atoms with Gasteiger partial charge < -0.3 is 10.0 Å². The van der Waals surface area contributed by atoms with Crippen molar-refractivity contribution in [2.24, 2.45) is 0 Å². The predicted octanol–water partition coefficient (Wildman–Crippen LogP) is 2.16. The van der Waals surface area contributed by atoms with Gasteiger partial charge in [0.25, 0.3) is 0 Å². The number of aryl methyl sites for hydroxylation is 1. The van der Waals surface area contributed by atoms with Crippen LogP contribution < -0.4 is 4.90 Å². The molecular formula is C15H17N3O2. The molecule has 0 bridgehead atoms. The molecule has 0 saturated heterocycles. The Morgan fingerprint density at radius 1 is 1.30 bits per heavy atom. The minimum absolute atomic E-state index is 0.242. The highest BCUT2D eigenvalue weighted by molar-refractivity contribution is 5.89. The van der Waals surface area contributed by atoms with Crippen LogP contribution >= 0.6 is 0 Å². The van der Waals surface area contributed by atoms with Gasteiger partial charge in [-0.2, -0.15) is 0 Å². The summed E-state index contributed by atoms with van der Waals surface area (Å²) in [5.74, 6) is -0.180. The van der Waals surface area contributed by atoms with E-state index in [1.165, 1.54) is 0 Å². The second-order valence-corrected chi connectivity index (χ2v) is 4.60. The van der Waals surface area contributed by atoms with Gasteiger partial charge in [0, 0.05) is 31.9 Å². The Kier molecular flexibility index (Phi) is 4.30. The average Bonchev–Trinajstić information content (AvgIpc) is 2.45. The van der Waals surface area contributed by atoms with Crippen molar-refractivity contribution in [3.63, 3.8) is 0 Å². The molecule has 0 unspecified atom stereocenters. The quantitative estimate of drug-likeness (QED) is 0.902. The maximum absolute atomic E-state index is 11.0. The van der Waals surface area contributed by atoms with Crippen LogP contribution in [-0.4, -0.2) is 34.6 Å². The van der Waals surface area contributed by atoms with Crippen LogP contribution in [0.15, 0.2) is 36.5 Å². The van der Waals surface area contributed by atoms with E-state index in [0.29, 0.717) is 5.69 Å². The number of likely N-dealkylation sites (N-methyl/N-ethyl adjacent to an activating group) is 1. The number of rotatable bonds is 5. The van der Waals surface area contributed by atoms with Gasteiger partial charge >= 0.3 is 5.97 Å². The Labute approximate surface area is 117 Å². The zero-order valence-electron chi connectivity index (χ0n) is 11.6.